The Balaban J connectivity index is 2.52. The van der Waals surface area contributed by atoms with Crippen LogP contribution >= 0.6 is 0 Å². The lowest BCUT2D eigenvalue weighted by molar-refractivity contribution is 0.279. The van der Waals surface area contributed by atoms with Gasteiger partial charge in [0, 0.05) is 12.1 Å². The number of aliphatic hydroxyl groups is 1. The Labute approximate surface area is 86.6 Å². The summed E-state index contributed by atoms with van der Waals surface area (Å²) in [5.41, 5.74) is 2.71. The zero-order valence-corrected chi connectivity index (χ0v) is 8.23. The number of pyridine rings is 1. The summed E-state index contributed by atoms with van der Waals surface area (Å²) in [5, 5.41) is 10.2. The Morgan fingerprint density at radius 2 is 2.27 bits per heavy atom. The van der Waals surface area contributed by atoms with Gasteiger partial charge >= 0.3 is 0 Å². The Morgan fingerprint density at radius 3 is 3.07 bits per heavy atom. The van der Waals surface area contributed by atoms with Crippen LogP contribution in [0.4, 0.5) is 0 Å². The van der Waals surface area contributed by atoms with E-state index >= 15 is 0 Å². The fourth-order valence-corrected chi connectivity index (χ4v) is 2.34. The van der Waals surface area contributed by atoms with Crippen LogP contribution in [0.15, 0.2) is 29.1 Å². The van der Waals surface area contributed by atoms with Crippen LogP contribution in [0.2, 0.25) is 0 Å². The van der Waals surface area contributed by atoms with Crippen molar-refractivity contribution < 1.29 is 5.11 Å². The highest BCUT2D eigenvalue weighted by Crippen LogP contribution is 2.24. The molecule has 0 saturated carbocycles. The van der Waals surface area contributed by atoms with Gasteiger partial charge in [0.05, 0.1) is 12.1 Å². The van der Waals surface area contributed by atoms with E-state index in [4.69, 9.17) is 5.11 Å². The molecule has 0 spiro atoms. The first kappa shape index (κ1) is 8.68. The first-order valence-corrected chi connectivity index (χ1v) is 5.06. The lowest BCUT2D eigenvalue weighted by Gasteiger charge is -2.06. The summed E-state index contributed by atoms with van der Waals surface area (Å²) in [7, 11) is 0. The van der Waals surface area contributed by atoms with Crippen LogP contribution in [0.3, 0.4) is 0 Å². The van der Waals surface area contributed by atoms with Gasteiger partial charge in [-0.25, -0.2) is 0 Å². The van der Waals surface area contributed by atoms with Gasteiger partial charge in [-0.15, -0.1) is 0 Å². The number of nitrogens with zero attached hydrogens (tertiary/aromatic N) is 1. The Hall–Kier alpha value is -1.61. The molecule has 15 heavy (non-hydrogen) atoms. The molecule has 2 aromatic rings. The third-order valence-electron chi connectivity index (χ3n) is 3.05. The first-order chi connectivity index (χ1) is 7.31. The molecule has 0 atom stereocenters. The number of aromatic nitrogens is 1. The van der Waals surface area contributed by atoms with Crippen LogP contribution in [0.25, 0.3) is 10.9 Å². The molecule has 1 aromatic carbocycles. The summed E-state index contributed by atoms with van der Waals surface area (Å²) >= 11 is 0. The minimum absolute atomic E-state index is 0.0463. The molecule has 0 fully saturated rings. The number of aryl methyl sites for hydroxylation is 2. The smallest absolute Gasteiger partial charge is 0.256 e. The maximum atomic E-state index is 11.9. The molecule has 1 aliphatic heterocycles. The zero-order valence-electron chi connectivity index (χ0n) is 8.23. The highest BCUT2D eigenvalue weighted by Gasteiger charge is 2.16. The third kappa shape index (κ3) is 1.07. The molecule has 76 valence electrons. The number of aliphatic hydroxyl groups excluding tert-OH is 1. The van der Waals surface area contributed by atoms with E-state index in [2.05, 4.69) is 6.07 Å². The molecule has 2 heterocycles. The van der Waals surface area contributed by atoms with Gasteiger partial charge in [-0.3, -0.25) is 4.79 Å². The number of hydrogen-bond donors (Lipinski definition) is 1. The van der Waals surface area contributed by atoms with Crippen molar-refractivity contribution in [2.75, 3.05) is 0 Å². The van der Waals surface area contributed by atoms with Crippen molar-refractivity contribution in [1.82, 2.24) is 4.57 Å². The Morgan fingerprint density at radius 1 is 1.40 bits per heavy atom. The predicted octanol–water partition coefficient (Wildman–Crippen LogP) is 1.05. The molecule has 0 saturated heterocycles. The molecule has 0 radical (unpaired) electrons. The summed E-state index contributed by atoms with van der Waals surface area (Å²) in [4.78, 5) is 11.9. The van der Waals surface area contributed by atoms with Crippen LogP contribution in [-0.4, -0.2) is 9.67 Å². The molecular formula is C12H11NO2. The van der Waals surface area contributed by atoms with Crippen LogP contribution in [0, 0.1) is 0 Å². The summed E-state index contributed by atoms with van der Waals surface area (Å²) < 4.78 is 1.77. The fraction of sp³-hybridized carbons (Fsp3) is 0.250. The maximum Gasteiger partial charge on any atom is 0.256 e. The second-order valence-corrected chi connectivity index (χ2v) is 3.89. The van der Waals surface area contributed by atoms with E-state index in [1.165, 1.54) is 5.56 Å². The van der Waals surface area contributed by atoms with E-state index in [0.717, 1.165) is 23.9 Å². The molecule has 0 bridgehead atoms. The highest BCUT2D eigenvalue weighted by molar-refractivity contribution is 5.84. The molecular weight excluding hydrogens is 190 g/mol. The molecule has 1 N–H and O–H groups in total. The number of para-hydroxylation sites is 1. The second kappa shape index (κ2) is 2.94. The first-order valence-electron chi connectivity index (χ1n) is 5.06. The van der Waals surface area contributed by atoms with Gasteiger partial charge in [-0.2, -0.15) is 0 Å². The monoisotopic (exact) mass is 201 g/mol. The summed E-state index contributed by atoms with van der Waals surface area (Å²) in [5.74, 6) is 0. The molecule has 3 rings (SSSR count). The van der Waals surface area contributed by atoms with E-state index < -0.39 is 0 Å². The van der Waals surface area contributed by atoms with Crippen LogP contribution in [0.1, 0.15) is 11.1 Å². The highest BCUT2D eigenvalue weighted by atomic mass is 16.3. The zero-order chi connectivity index (χ0) is 10.4. The quantitative estimate of drug-likeness (QED) is 0.749. The number of rotatable bonds is 1. The van der Waals surface area contributed by atoms with Crippen molar-refractivity contribution in [3.8, 4) is 0 Å². The van der Waals surface area contributed by atoms with Gasteiger partial charge in [0.25, 0.3) is 5.56 Å². The lowest BCUT2D eigenvalue weighted by Crippen LogP contribution is -2.21. The van der Waals surface area contributed by atoms with Gasteiger partial charge in [0.2, 0.25) is 0 Å². The SMILES string of the molecule is O=c1c(CO)cc2cccc3c2n1CC3. The Bertz CT molecular complexity index is 598. The van der Waals surface area contributed by atoms with E-state index in [1.807, 2.05) is 12.1 Å². The van der Waals surface area contributed by atoms with Crippen molar-refractivity contribution >= 4 is 10.9 Å². The van der Waals surface area contributed by atoms with Gasteiger partial charge in [0.1, 0.15) is 0 Å². The number of benzene rings is 1. The topological polar surface area (TPSA) is 42.2 Å². The average molecular weight is 201 g/mol. The van der Waals surface area contributed by atoms with Crippen molar-refractivity contribution in [3.63, 3.8) is 0 Å². The minimum Gasteiger partial charge on any atom is -0.391 e. The van der Waals surface area contributed by atoms with E-state index in [9.17, 15) is 4.79 Å². The van der Waals surface area contributed by atoms with E-state index in [0.29, 0.717) is 5.56 Å². The molecule has 1 aromatic heterocycles. The van der Waals surface area contributed by atoms with Crippen molar-refractivity contribution in [3.05, 3.63) is 45.7 Å². The van der Waals surface area contributed by atoms with Gasteiger partial charge in [0.15, 0.2) is 0 Å². The van der Waals surface area contributed by atoms with Gasteiger partial charge in [-0.05, 0) is 23.4 Å². The van der Waals surface area contributed by atoms with E-state index in [-0.39, 0.29) is 12.2 Å². The van der Waals surface area contributed by atoms with Crippen LogP contribution in [-0.2, 0) is 19.6 Å². The predicted molar refractivity (Wildman–Crippen MR) is 57.8 cm³/mol. The Kier molecular flexibility index (Phi) is 1.70. The van der Waals surface area contributed by atoms with Gasteiger partial charge in [-0.1, -0.05) is 18.2 Å². The number of hydrogen-bond acceptors (Lipinski definition) is 2. The molecule has 0 amide bonds. The average Bonchev–Trinajstić information content (AvgIpc) is 2.69. The van der Waals surface area contributed by atoms with Crippen molar-refractivity contribution in [2.24, 2.45) is 0 Å². The summed E-state index contributed by atoms with van der Waals surface area (Å²) in [6.45, 7) is 0.557. The van der Waals surface area contributed by atoms with Crippen LogP contribution in [0.5, 0.6) is 0 Å². The van der Waals surface area contributed by atoms with Crippen molar-refractivity contribution in [1.29, 1.82) is 0 Å². The second-order valence-electron chi connectivity index (χ2n) is 3.89. The third-order valence-corrected chi connectivity index (χ3v) is 3.05. The molecule has 3 nitrogen and oxygen atoms in total. The fourth-order valence-electron chi connectivity index (χ4n) is 2.34. The summed E-state index contributed by atoms with van der Waals surface area (Å²) in [6.07, 6.45) is 0.918. The van der Waals surface area contributed by atoms with Crippen LogP contribution < -0.4 is 5.56 Å². The lowest BCUT2D eigenvalue weighted by atomic mass is 10.1. The molecule has 0 unspecified atom stereocenters. The maximum absolute atomic E-state index is 11.9. The molecule has 1 aliphatic rings. The summed E-state index contributed by atoms with van der Waals surface area (Å²) in [6, 6.07) is 7.84. The molecule has 3 heteroatoms. The largest absolute Gasteiger partial charge is 0.391 e. The van der Waals surface area contributed by atoms with E-state index in [1.54, 1.807) is 10.6 Å². The normalized spacial score (nSPS) is 13.7. The van der Waals surface area contributed by atoms with Gasteiger partial charge < -0.3 is 9.67 Å². The minimum atomic E-state index is -0.182. The molecule has 0 aliphatic carbocycles. The van der Waals surface area contributed by atoms with Crippen molar-refractivity contribution in [2.45, 2.75) is 19.6 Å². The standard InChI is InChI=1S/C12H11NO2/c14-7-10-6-9-3-1-2-8-4-5-13(11(8)9)12(10)15/h1-3,6,14H,4-5,7H2.